The van der Waals surface area contributed by atoms with E-state index in [1.54, 1.807) is 6.07 Å². The summed E-state index contributed by atoms with van der Waals surface area (Å²) in [7, 11) is -0.370. The molecule has 0 bridgehead atoms. The lowest BCUT2D eigenvalue weighted by Gasteiger charge is -2.39. The summed E-state index contributed by atoms with van der Waals surface area (Å²) < 4.78 is 73.5. The van der Waals surface area contributed by atoms with Crippen LogP contribution in [0.25, 0.3) is 0 Å². The Morgan fingerprint density at radius 2 is 1.95 bits per heavy atom. The van der Waals surface area contributed by atoms with Gasteiger partial charge in [0.25, 0.3) is 10.0 Å². The average molecular weight is 547 g/mol. The van der Waals surface area contributed by atoms with E-state index in [9.17, 15) is 26.9 Å². The fourth-order valence-corrected chi connectivity index (χ4v) is 5.49. The Kier molecular flexibility index (Phi) is 7.84. The van der Waals surface area contributed by atoms with Gasteiger partial charge in [0.2, 0.25) is 5.88 Å². The quantitative estimate of drug-likeness (QED) is 0.468. The smallest absolute Gasteiger partial charge is 0.416 e. The van der Waals surface area contributed by atoms with Gasteiger partial charge < -0.3 is 9.64 Å². The number of pyridine rings is 1. The zero-order valence-corrected chi connectivity index (χ0v) is 21.4. The molecule has 1 N–H and O–H groups in total. The number of rotatable bonds is 7. The first-order valence-corrected chi connectivity index (χ1v) is 13.2. The largest absolute Gasteiger partial charge is 0.472 e. The Bertz CT molecular complexity index is 1430. The standard InChI is InChI=1S/C25H25F3N6O3S/c1-34(2)21-12-17(16-4-3-5-19(10-16)25(26,27)28)6-7-22(21)37-24-18(13-29)11-20(14-31-24)38(35,36)33-23-8-9-30-15-32-23/h3-5,8-11,14-15,17,21-22H,6-7,12H2,1-2H3,(H,30,32,33). The molecule has 1 aromatic carbocycles. The van der Waals surface area contributed by atoms with Crippen molar-refractivity contribution < 1.29 is 26.3 Å². The number of sulfonamides is 1. The van der Waals surface area contributed by atoms with Crippen molar-refractivity contribution in [1.29, 1.82) is 5.26 Å². The summed E-state index contributed by atoms with van der Waals surface area (Å²) in [5.41, 5.74) is -0.123. The van der Waals surface area contributed by atoms with Gasteiger partial charge in [-0.3, -0.25) is 4.72 Å². The monoisotopic (exact) mass is 546 g/mol. The van der Waals surface area contributed by atoms with E-state index < -0.39 is 27.9 Å². The molecule has 3 unspecified atom stereocenters. The SMILES string of the molecule is CN(C)C1CC(c2cccc(C(F)(F)F)c2)CCC1Oc1ncc(S(=O)(=O)Nc2ccncn2)cc1C#N. The third kappa shape index (κ3) is 6.20. The number of anilines is 1. The lowest BCUT2D eigenvalue weighted by Crippen LogP contribution is -2.46. The van der Waals surface area contributed by atoms with Crippen LogP contribution in [0, 0.1) is 11.3 Å². The van der Waals surface area contributed by atoms with Crippen LogP contribution in [0.3, 0.4) is 0 Å². The molecule has 3 aromatic rings. The molecule has 1 fully saturated rings. The van der Waals surface area contributed by atoms with E-state index >= 15 is 0 Å². The predicted molar refractivity (Wildman–Crippen MR) is 132 cm³/mol. The summed E-state index contributed by atoms with van der Waals surface area (Å²) in [4.78, 5) is 13.4. The maximum atomic E-state index is 13.2. The summed E-state index contributed by atoms with van der Waals surface area (Å²) in [6, 6.07) is 9.69. The Hall–Kier alpha value is -3.76. The van der Waals surface area contributed by atoms with Crippen LogP contribution in [-0.2, 0) is 16.2 Å². The number of hydrogen-bond donors (Lipinski definition) is 1. The number of halogens is 3. The molecule has 0 spiro atoms. The zero-order chi connectivity index (χ0) is 27.5. The lowest BCUT2D eigenvalue weighted by molar-refractivity contribution is -0.137. The Morgan fingerprint density at radius 1 is 1.16 bits per heavy atom. The first kappa shape index (κ1) is 27.3. The first-order valence-electron chi connectivity index (χ1n) is 11.7. The van der Waals surface area contributed by atoms with Crippen LogP contribution in [0.4, 0.5) is 19.0 Å². The van der Waals surface area contributed by atoms with Crippen LogP contribution >= 0.6 is 0 Å². The highest BCUT2D eigenvalue weighted by Gasteiger charge is 2.36. The highest BCUT2D eigenvalue weighted by atomic mass is 32.2. The van der Waals surface area contributed by atoms with Crippen molar-refractivity contribution in [3.63, 3.8) is 0 Å². The number of hydrogen-bond acceptors (Lipinski definition) is 8. The number of aromatic nitrogens is 3. The fourth-order valence-electron chi connectivity index (χ4n) is 4.52. The number of likely N-dealkylation sites (N-methyl/N-ethyl adjacent to an activating group) is 1. The Balaban J connectivity index is 1.52. The minimum atomic E-state index is -4.42. The molecule has 2 heterocycles. The van der Waals surface area contributed by atoms with E-state index in [2.05, 4.69) is 19.7 Å². The van der Waals surface area contributed by atoms with Crippen LogP contribution in [0.1, 0.15) is 41.9 Å². The number of nitrogens with zero attached hydrogens (tertiary/aromatic N) is 5. The molecule has 1 aliphatic carbocycles. The molecule has 0 aliphatic heterocycles. The predicted octanol–water partition coefficient (Wildman–Crippen LogP) is 4.21. The van der Waals surface area contributed by atoms with Crippen LogP contribution in [0.15, 0.2) is 60.0 Å². The lowest BCUT2D eigenvalue weighted by atomic mass is 9.79. The van der Waals surface area contributed by atoms with Gasteiger partial charge in [-0.25, -0.2) is 23.4 Å². The molecule has 9 nitrogen and oxygen atoms in total. The molecule has 2 aromatic heterocycles. The van der Waals surface area contributed by atoms with E-state index in [1.807, 2.05) is 25.1 Å². The Morgan fingerprint density at radius 3 is 2.61 bits per heavy atom. The van der Waals surface area contributed by atoms with E-state index in [-0.39, 0.29) is 34.1 Å². The normalized spacial score (nSPS) is 20.1. The third-order valence-electron chi connectivity index (χ3n) is 6.44. The van der Waals surface area contributed by atoms with Gasteiger partial charge in [0.15, 0.2) is 0 Å². The Labute approximate surface area is 218 Å². The summed E-state index contributed by atoms with van der Waals surface area (Å²) in [5.74, 6) is -0.0543. The van der Waals surface area contributed by atoms with Gasteiger partial charge in [-0.1, -0.05) is 18.2 Å². The summed E-state index contributed by atoms with van der Waals surface area (Å²) in [5, 5.41) is 9.68. The molecule has 3 atom stereocenters. The van der Waals surface area contributed by atoms with E-state index in [1.165, 1.54) is 36.8 Å². The molecule has 4 rings (SSSR count). The van der Waals surface area contributed by atoms with Gasteiger partial charge in [-0.05, 0) is 63.0 Å². The number of nitrogens with one attached hydrogen (secondary N) is 1. The molecule has 38 heavy (non-hydrogen) atoms. The molecule has 0 radical (unpaired) electrons. The molecule has 1 saturated carbocycles. The summed E-state index contributed by atoms with van der Waals surface area (Å²) in [6.07, 6.45) is 0.461. The number of benzene rings is 1. The van der Waals surface area contributed by atoms with Crippen molar-refractivity contribution in [1.82, 2.24) is 19.9 Å². The highest BCUT2D eigenvalue weighted by molar-refractivity contribution is 7.92. The minimum Gasteiger partial charge on any atom is -0.472 e. The molecular formula is C25H25F3N6O3S. The van der Waals surface area contributed by atoms with Gasteiger partial charge in [-0.15, -0.1) is 0 Å². The van der Waals surface area contributed by atoms with Gasteiger partial charge in [0.05, 0.1) is 11.8 Å². The zero-order valence-electron chi connectivity index (χ0n) is 20.6. The van der Waals surface area contributed by atoms with E-state index in [0.717, 1.165) is 12.3 Å². The van der Waals surface area contributed by atoms with Crippen LogP contribution in [0.2, 0.25) is 0 Å². The molecular weight excluding hydrogens is 521 g/mol. The highest BCUT2D eigenvalue weighted by Crippen LogP contribution is 2.39. The van der Waals surface area contributed by atoms with Gasteiger partial charge >= 0.3 is 6.18 Å². The molecule has 13 heteroatoms. The van der Waals surface area contributed by atoms with E-state index in [4.69, 9.17) is 4.74 Å². The third-order valence-corrected chi connectivity index (χ3v) is 7.77. The van der Waals surface area contributed by atoms with Crippen molar-refractivity contribution in [2.24, 2.45) is 0 Å². The summed E-state index contributed by atoms with van der Waals surface area (Å²) in [6.45, 7) is 0. The molecule has 1 aliphatic rings. The van der Waals surface area contributed by atoms with Crippen molar-refractivity contribution in [3.8, 4) is 11.9 Å². The van der Waals surface area contributed by atoms with Crippen LogP contribution in [-0.4, -0.2) is 54.5 Å². The van der Waals surface area contributed by atoms with Crippen molar-refractivity contribution in [3.05, 3.63) is 71.8 Å². The summed E-state index contributed by atoms with van der Waals surface area (Å²) >= 11 is 0. The second-order valence-corrected chi connectivity index (χ2v) is 10.8. The average Bonchev–Trinajstić information content (AvgIpc) is 2.89. The number of nitriles is 1. The van der Waals surface area contributed by atoms with E-state index in [0.29, 0.717) is 24.8 Å². The maximum Gasteiger partial charge on any atom is 0.416 e. The second-order valence-electron chi connectivity index (χ2n) is 9.16. The van der Waals surface area contributed by atoms with Gasteiger partial charge in [-0.2, -0.15) is 18.4 Å². The van der Waals surface area contributed by atoms with Gasteiger partial charge in [0.1, 0.15) is 34.8 Å². The topological polar surface area (TPSA) is 121 Å². The fraction of sp³-hybridized carbons (Fsp3) is 0.360. The molecule has 0 saturated heterocycles. The number of alkyl halides is 3. The van der Waals surface area contributed by atoms with Gasteiger partial charge in [0, 0.05) is 12.2 Å². The second kappa shape index (κ2) is 10.9. The van der Waals surface area contributed by atoms with Crippen LogP contribution < -0.4 is 9.46 Å². The number of ether oxygens (including phenoxy) is 1. The minimum absolute atomic E-state index is 0.0112. The molecule has 200 valence electrons. The first-order chi connectivity index (χ1) is 18.0. The van der Waals surface area contributed by atoms with Crippen molar-refractivity contribution >= 4 is 15.8 Å². The van der Waals surface area contributed by atoms with Crippen molar-refractivity contribution in [2.45, 2.75) is 48.4 Å². The van der Waals surface area contributed by atoms with Crippen LogP contribution in [0.5, 0.6) is 5.88 Å². The maximum absolute atomic E-state index is 13.2. The molecule has 0 amide bonds. The van der Waals surface area contributed by atoms with Crippen molar-refractivity contribution in [2.75, 3.05) is 18.8 Å².